The fourth-order valence-electron chi connectivity index (χ4n) is 2.77. The molecule has 8 heteroatoms. The van der Waals surface area contributed by atoms with Crippen molar-refractivity contribution in [3.8, 4) is 5.69 Å². The molecular weight excluding hydrogens is 398 g/mol. The van der Waals surface area contributed by atoms with Gasteiger partial charge in [0.05, 0.1) is 31.2 Å². The minimum atomic E-state index is -0.581. The molecule has 3 aromatic rings. The molecule has 0 fully saturated rings. The summed E-state index contributed by atoms with van der Waals surface area (Å²) in [5, 5.41) is 6.93. The van der Waals surface area contributed by atoms with Crippen molar-refractivity contribution in [2.75, 3.05) is 19.0 Å². The maximum Gasteiger partial charge on any atom is 0.343 e. The lowest BCUT2D eigenvalue weighted by Gasteiger charge is -2.10. The van der Waals surface area contributed by atoms with Crippen LogP contribution in [0.4, 0.5) is 5.82 Å². The molecule has 1 heterocycles. The van der Waals surface area contributed by atoms with Gasteiger partial charge in [-0.3, -0.25) is 4.79 Å². The van der Waals surface area contributed by atoms with Crippen molar-refractivity contribution in [2.45, 2.75) is 6.92 Å². The van der Waals surface area contributed by atoms with E-state index in [9.17, 15) is 14.4 Å². The van der Waals surface area contributed by atoms with Gasteiger partial charge in [0.15, 0.2) is 5.82 Å². The fraction of sp³-hybridized carbons (Fsp3) is 0.130. The SMILES string of the molecule is CCOC(=O)c1cnn(-c2ccccc2)c1NC(=O)/C=C/c1ccc(C(=O)OC)cc1. The number of ether oxygens (including phenoxy) is 2. The summed E-state index contributed by atoms with van der Waals surface area (Å²) in [4.78, 5) is 36.4. The van der Waals surface area contributed by atoms with Gasteiger partial charge in [0, 0.05) is 6.08 Å². The molecule has 0 radical (unpaired) electrons. The lowest BCUT2D eigenvalue weighted by Crippen LogP contribution is -2.16. The highest BCUT2D eigenvalue weighted by atomic mass is 16.5. The topological polar surface area (TPSA) is 99.5 Å². The summed E-state index contributed by atoms with van der Waals surface area (Å²) >= 11 is 0. The summed E-state index contributed by atoms with van der Waals surface area (Å²) in [6, 6.07) is 15.7. The number of nitrogens with one attached hydrogen (secondary N) is 1. The van der Waals surface area contributed by atoms with E-state index in [0.717, 1.165) is 0 Å². The number of nitrogens with zero attached hydrogens (tertiary/aromatic N) is 2. The first-order chi connectivity index (χ1) is 15.0. The van der Waals surface area contributed by atoms with Crippen LogP contribution in [0.3, 0.4) is 0 Å². The fourth-order valence-corrected chi connectivity index (χ4v) is 2.77. The molecule has 31 heavy (non-hydrogen) atoms. The molecule has 0 aliphatic rings. The number of carbonyl (C=O) groups excluding carboxylic acids is 3. The average Bonchev–Trinajstić information content (AvgIpc) is 3.21. The van der Waals surface area contributed by atoms with Crippen LogP contribution in [-0.4, -0.2) is 41.3 Å². The zero-order chi connectivity index (χ0) is 22.2. The second-order valence-electron chi connectivity index (χ2n) is 6.31. The first-order valence-corrected chi connectivity index (χ1v) is 9.51. The van der Waals surface area contributed by atoms with Gasteiger partial charge in [0.2, 0.25) is 5.91 Å². The molecular formula is C23H21N3O5. The van der Waals surface area contributed by atoms with Crippen LogP contribution in [0.25, 0.3) is 11.8 Å². The van der Waals surface area contributed by atoms with E-state index in [-0.39, 0.29) is 18.0 Å². The minimum absolute atomic E-state index is 0.148. The molecule has 1 aromatic heterocycles. The number of para-hydroxylation sites is 1. The van der Waals surface area contributed by atoms with Gasteiger partial charge in [0.25, 0.3) is 0 Å². The van der Waals surface area contributed by atoms with Gasteiger partial charge in [-0.1, -0.05) is 30.3 Å². The van der Waals surface area contributed by atoms with Crippen LogP contribution in [0.1, 0.15) is 33.2 Å². The van der Waals surface area contributed by atoms with E-state index in [1.165, 1.54) is 24.1 Å². The monoisotopic (exact) mass is 419 g/mol. The molecule has 0 aliphatic heterocycles. The number of methoxy groups -OCH3 is 1. The normalized spacial score (nSPS) is 10.6. The van der Waals surface area contributed by atoms with Crippen LogP contribution >= 0.6 is 0 Å². The standard InChI is InChI=1S/C23H21N3O5/c1-3-31-23(29)19-15-24-26(18-7-5-4-6-8-18)21(19)25-20(27)14-11-16-9-12-17(13-10-16)22(28)30-2/h4-15H,3H2,1-2H3,(H,25,27)/b14-11+. The molecule has 2 aromatic carbocycles. The predicted octanol–water partition coefficient (Wildman–Crippen LogP) is 3.49. The number of esters is 2. The molecule has 8 nitrogen and oxygen atoms in total. The minimum Gasteiger partial charge on any atom is -0.465 e. The maximum absolute atomic E-state index is 12.6. The average molecular weight is 419 g/mol. The van der Waals surface area contributed by atoms with Gasteiger partial charge in [-0.05, 0) is 42.8 Å². The molecule has 0 saturated carbocycles. The number of carbonyl (C=O) groups is 3. The van der Waals surface area contributed by atoms with Crippen LogP contribution in [-0.2, 0) is 14.3 Å². The highest BCUT2D eigenvalue weighted by Gasteiger charge is 2.20. The Bertz CT molecular complexity index is 1100. The van der Waals surface area contributed by atoms with Gasteiger partial charge in [-0.2, -0.15) is 5.10 Å². The number of aromatic nitrogens is 2. The molecule has 0 unspecified atom stereocenters. The van der Waals surface area contributed by atoms with Crippen molar-refractivity contribution in [1.29, 1.82) is 0 Å². The van der Waals surface area contributed by atoms with Gasteiger partial charge in [0.1, 0.15) is 5.56 Å². The summed E-state index contributed by atoms with van der Waals surface area (Å²) in [7, 11) is 1.31. The summed E-state index contributed by atoms with van der Waals surface area (Å²) in [5.41, 5.74) is 1.95. The van der Waals surface area contributed by atoms with E-state index in [4.69, 9.17) is 4.74 Å². The van der Waals surface area contributed by atoms with E-state index in [1.807, 2.05) is 18.2 Å². The number of hydrogen-bond donors (Lipinski definition) is 1. The van der Waals surface area contributed by atoms with E-state index in [2.05, 4.69) is 15.2 Å². The smallest absolute Gasteiger partial charge is 0.343 e. The zero-order valence-electron chi connectivity index (χ0n) is 17.1. The van der Waals surface area contributed by atoms with Crippen LogP contribution in [0.15, 0.2) is 66.9 Å². The molecule has 0 spiro atoms. The third kappa shape index (κ3) is 5.24. The third-order valence-electron chi connectivity index (χ3n) is 4.27. The Morgan fingerprint density at radius 3 is 2.39 bits per heavy atom. The summed E-state index contributed by atoms with van der Waals surface area (Å²) in [6.45, 7) is 1.90. The first kappa shape index (κ1) is 21.5. The van der Waals surface area contributed by atoms with Crippen LogP contribution in [0.5, 0.6) is 0 Å². The van der Waals surface area contributed by atoms with Gasteiger partial charge in [-0.25, -0.2) is 14.3 Å². The van der Waals surface area contributed by atoms with Crippen LogP contribution in [0.2, 0.25) is 0 Å². The van der Waals surface area contributed by atoms with Crippen molar-refractivity contribution < 1.29 is 23.9 Å². The second-order valence-corrected chi connectivity index (χ2v) is 6.31. The van der Waals surface area contributed by atoms with Crippen molar-refractivity contribution in [3.05, 3.63) is 83.6 Å². The number of rotatable bonds is 7. The van der Waals surface area contributed by atoms with Crippen LogP contribution < -0.4 is 5.32 Å². The lowest BCUT2D eigenvalue weighted by atomic mass is 10.1. The molecule has 158 valence electrons. The van der Waals surface area contributed by atoms with Crippen molar-refractivity contribution in [1.82, 2.24) is 9.78 Å². The molecule has 0 saturated heterocycles. The summed E-state index contributed by atoms with van der Waals surface area (Å²) in [5.74, 6) is -1.27. The number of amides is 1. The zero-order valence-corrected chi connectivity index (χ0v) is 17.1. The summed E-state index contributed by atoms with van der Waals surface area (Å²) < 4.78 is 11.2. The third-order valence-corrected chi connectivity index (χ3v) is 4.27. The van der Waals surface area contributed by atoms with Crippen molar-refractivity contribution >= 4 is 29.7 Å². The van der Waals surface area contributed by atoms with Crippen LogP contribution in [0, 0.1) is 0 Å². The van der Waals surface area contributed by atoms with Gasteiger partial charge < -0.3 is 14.8 Å². The number of hydrogen-bond acceptors (Lipinski definition) is 6. The number of anilines is 1. The van der Waals surface area contributed by atoms with Crippen molar-refractivity contribution in [2.24, 2.45) is 0 Å². The van der Waals surface area contributed by atoms with E-state index in [0.29, 0.717) is 16.8 Å². The Labute approximate surface area is 179 Å². The Morgan fingerprint density at radius 1 is 1.03 bits per heavy atom. The lowest BCUT2D eigenvalue weighted by molar-refractivity contribution is -0.111. The highest BCUT2D eigenvalue weighted by Crippen LogP contribution is 2.21. The molecule has 1 amide bonds. The highest BCUT2D eigenvalue weighted by molar-refractivity contribution is 6.05. The summed E-state index contributed by atoms with van der Waals surface area (Å²) in [6.07, 6.45) is 4.27. The van der Waals surface area contributed by atoms with E-state index < -0.39 is 17.8 Å². The Hall–Kier alpha value is -4.20. The molecule has 0 aliphatic carbocycles. The quantitative estimate of drug-likeness (QED) is 0.465. The molecule has 0 bridgehead atoms. The number of benzene rings is 2. The van der Waals surface area contributed by atoms with Crippen molar-refractivity contribution in [3.63, 3.8) is 0 Å². The molecule has 1 N–H and O–H groups in total. The Balaban J connectivity index is 1.82. The van der Waals surface area contributed by atoms with E-state index >= 15 is 0 Å². The first-order valence-electron chi connectivity index (χ1n) is 9.51. The van der Waals surface area contributed by atoms with E-state index in [1.54, 1.807) is 49.4 Å². The molecule has 3 rings (SSSR count). The largest absolute Gasteiger partial charge is 0.465 e. The second kappa shape index (κ2) is 10.0. The van der Waals surface area contributed by atoms with Gasteiger partial charge in [-0.15, -0.1) is 0 Å². The Morgan fingerprint density at radius 2 is 1.74 bits per heavy atom. The predicted molar refractivity (Wildman–Crippen MR) is 115 cm³/mol. The Kier molecular flexibility index (Phi) is 6.95. The van der Waals surface area contributed by atoms with Gasteiger partial charge >= 0.3 is 11.9 Å². The molecule has 0 atom stereocenters. The maximum atomic E-state index is 12.6.